The number of ether oxygens (including phenoxy) is 1. The normalized spacial score (nSPS) is 15.0. The predicted molar refractivity (Wildman–Crippen MR) is 84.6 cm³/mol. The minimum Gasteiger partial charge on any atom is -0.463 e. The van der Waals surface area contributed by atoms with Gasteiger partial charge in [-0.05, 0) is 25.7 Å². The average Bonchev–Trinajstić information content (AvgIpc) is 2.41. The summed E-state index contributed by atoms with van der Waals surface area (Å²) in [7, 11) is 1.73. The van der Waals surface area contributed by atoms with Crippen molar-refractivity contribution in [3.63, 3.8) is 0 Å². The molecule has 5 nitrogen and oxygen atoms in total. The van der Waals surface area contributed by atoms with E-state index in [9.17, 15) is 9.59 Å². The average molecular weight is 298 g/mol. The van der Waals surface area contributed by atoms with Crippen molar-refractivity contribution in [2.45, 2.75) is 53.6 Å². The molecule has 0 aromatic rings. The second-order valence-corrected chi connectivity index (χ2v) is 6.02. The molecule has 0 unspecified atom stereocenters. The molecule has 0 aliphatic carbocycles. The fraction of sp³-hybridized carbons (Fsp3) is 0.750. The number of nitrogens with two attached hydrogens (primary N) is 1. The van der Waals surface area contributed by atoms with Crippen LogP contribution >= 0.6 is 0 Å². The van der Waals surface area contributed by atoms with Gasteiger partial charge in [0.2, 0.25) is 5.91 Å². The smallest absolute Gasteiger partial charge is 0.333 e. The van der Waals surface area contributed by atoms with E-state index >= 15 is 0 Å². The Morgan fingerprint density at radius 3 is 2.10 bits per heavy atom. The lowest BCUT2D eigenvalue weighted by atomic mass is 9.97. The third-order valence-corrected chi connectivity index (χ3v) is 3.50. The lowest BCUT2D eigenvalue weighted by molar-refractivity contribution is -0.139. The Bertz CT molecular complexity index is 389. The highest BCUT2D eigenvalue weighted by molar-refractivity contribution is 5.88. The lowest BCUT2D eigenvalue weighted by Gasteiger charge is -2.32. The van der Waals surface area contributed by atoms with Crippen molar-refractivity contribution < 1.29 is 14.3 Å². The number of esters is 1. The van der Waals surface area contributed by atoms with Crippen molar-refractivity contribution in [2.24, 2.45) is 17.6 Å². The molecule has 0 saturated heterocycles. The van der Waals surface area contributed by atoms with Gasteiger partial charge in [-0.15, -0.1) is 0 Å². The first-order valence-corrected chi connectivity index (χ1v) is 7.51. The first-order valence-electron chi connectivity index (χ1n) is 7.51. The molecule has 5 heteroatoms. The molecule has 0 aliphatic rings. The van der Waals surface area contributed by atoms with Gasteiger partial charge in [0.1, 0.15) is 0 Å². The van der Waals surface area contributed by atoms with E-state index in [2.05, 4.69) is 0 Å². The van der Waals surface area contributed by atoms with Gasteiger partial charge in [0.15, 0.2) is 0 Å². The first kappa shape index (κ1) is 19.6. The van der Waals surface area contributed by atoms with Crippen LogP contribution in [0.5, 0.6) is 0 Å². The van der Waals surface area contributed by atoms with Crippen LogP contribution in [0.25, 0.3) is 0 Å². The van der Waals surface area contributed by atoms with Crippen LogP contribution in [0.4, 0.5) is 0 Å². The summed E-state index contributed by atoms with van der Waals surface area (Å²) in [4.78, 5) is 25.7. The van der Waals surface area contributed by atoms with Gasteiger partial charge in [-0.3, -0.25) is 4.79 Å². The number of rotatable bonds is 7. The van der Waals surface area contributed by atoms with Gasteiger partial charge in [-0.2, -0.15) is 0 Å². The highest BCUT2D eigenvalue weighted by Crippen LogP contribution is 2.16. The van der Waals surface area contributed by atoms with Crippen molar-refractivity contribution in [3.05, 3.63) is 11.6 Å². The Balaban J connectivity index is 5.19. The summed E-state index contributed by atoms with van der Waals surface area (Å²) in [6.45, 7) is 11.6. The maximum atomic E-state index is 12.4. The monoisotopic (exact) mass is 298 g/mol. The maximum absolute atomic E-state index is 12.4. The van der Waals surface area contributed by atoms with Gasteiger partial charge < -0.3 is 15.4 Å². The van der Waals surface area contributed by atoms with Crippen LogP contribution in [-0.4, -0.2) is 42.5 Å². The van der Waals surface area contributed by atoms with Gasteiger partial charge in [0, 0.05) is 12.6 Å². The maximum Gasteiger partial charge on any atom is 0.333 e. The standard InChI is InChI=1S/C16H30N2O3/c1-8-21-16(20)12(6)9-13(10(2)3)18(7)15(19)14(17)11(4)5/h9-11,13-14H,8,17H2,1-7H3/b12-9+/t13-,14+/m1/s1. The van der Waals surface area contributed by atoms with Crippen LogP contribution in [0.15, 0.2) is 11.6 Å². The number of likely N-dealkylation sites (N-methyl/N-ethyl adjacent to an activating group) is 1. The largest absolute Gasteiger partial charge is 0.463 e. The molecule has 0 rings (SSSR count). The van der Waals surface area contributed by atoms with Crippen molar-refractivity contribution in [1.29, 1.82) is 0 Å². The summed E-state index contributed by atoms with van der Waals surface area (Å²) >= 11 is 0. The van der Waals surface area contributed by atoms with E-state index in [1.807, 2.05) is 27.7 Å². The minimum atomic E-state index is -0.535. The van der Waals surface area contributed by atoms with E-state index < -0.39 is 6.04 Å². The van der Waals surface area contributed by atoms with Crippen LogP contribution < -0.4 is 5.73 Å². The Labute approximate surface area is 128 Å². The van der Waals surface area contributed by atoms with Crippen molar-refractivity contribution in [3.8, 4) is 0 Å². The summed E-state index contributed by atoms with van der Waals surface area (Å²) in [5.74, 6) is -0.223. The molecule has 0 bridgehead atoms. The zero-order valence-corrected chi connectivity index (χ0v) is 14.3. The number of nitrogens with zero attached hydrogens (tertiary/aromatic N) is 1. The van der Waals surface area contributed by atoms with Crippen molar-refractivity contribution in [2.75, 3.05) is 13.7 Å². The topological polar surface area (TPSA) is 72.6 Å². The summed E-state index contributed by atoms with van der Waals surface area (Å²) in [6.07, 6.45) is 1.79. The summed E-state index contributed by atoms with van der Waals surface area (Å²) in [6, 6.07) is -0.723. The molecular weight excluding hydrogens is 268 g/mol. The van der Waals surface area contributed by atoms with Crippen LogP contribution in [0, 0.1) is 11.8 Å². The van der Waals surface area contributed by atoms with Gasteiger partial charge in [-0.1, -0.05) is 33.8 Å². The summed E-state index contributed by atoms with van der Waals surface area (Å²) < 4.78 is 4.97. The number of amides is 1. The zero-order chi connectivity index (χ0) is 16.7. The van der Waals surface area contributed by atoms with Gasteiger partial charge >= 0.3 is 5.97 Å². The van der Waals surface area contributed by atoms with E-state index in [1.165, 1.54) is 0 Å². The van der Waals surface area contributed by atoms with Crippen LogP contribution in [0.1, 0.15) is 41.5 Å². The molecule has 0 fully saturated rings. The van der Waals surface area contributed by atoms with Crippen molar-refractivity contribution in [1.82, 2.24) is 4.90 Å². The molecule has 21 heavy (non-hydrogen) atoms. The fourth-order valence-electron chi connectivity index (χ4n) is 1.99. The Morgan fingerprint density at radius 2 is 1.71 bits per heavy atom. The summed E-state index contributed by atoms with van der Waals surface area (Å²) in [5, 5.41) is 0. The number of hydrogen-bond donors (Lipinski definition) is 1. The zero-order valence-electron chi connectivity index (χ0n) is 14.3. The highest BCUT2D eigenvalue weighted by Gasteiger charge is 2.27. The quantitative estimate of drug-likeness (QED) is 0.576. The highest BCUT2D eigenvalue weighted by atomic mass is 16.5. The van der Waals surface area contributed by atoms with Gasteiger partial charge in [0.25, 0.3) is 0 Å². The minimum absolute atomic E-state index is 0.0721. The molecule has 2 atom stereocenters. The molecule has 0 heterocycles. The molecule has 122 valence electrons. The molecule has 0 spiro atoms. The second-order valence-electron chi connectivity index (χ2n) is 6.02. The molecule has 0 aromatic carbocycles. The third-order valence-electron chi connectivity index (χ3n) is 3.50. The third kappa shape index (κ3) is 5.87. The molecular formula is C16H30N2O3. The van der Waals surface area contributed by atoms with E-state index in [-0.39, 0.29) is 29.8 Å². The van der Waals surface area contributed by atoms with E-state index in [4.69, 9.17) is 10.5 Å². The van der Waals surface area contributed by atoms with Crippen LogP contribution in [-0.2, 0) is 14.3 Å². The fourth-order valence-corrected chi connectivity index (χ4v) is 1.99. The molecule has 0 radical (unpaired) electrons. The predicted octanol–water partition coefficient (Wildman–Crippen LogP) is 1.96. The van der Waals surface area contributed by atoms with Crippen LogP contribution in [0.3, 0.4) is 0 Å². The Kier molecular flexibility index (Phi) is 8.25. The van der Waals surface area contributed by atoms with E-state index in [0.29, 0.717) is 12.2 Å². The number of carbonyl (C=O) groups is 2. The van der Waals surface area contributed by atoms with Gasteiger partial charge in [0.05, 0.1) is 18.7 Å². The molecule has 0 aromatic heterocycles. The Morgan fingerprint density at radius 1 is 1.19 bits per heavy atom. The molecule has 0 saturated carbocycles. The Hall–Kier alpha value is -1.36. The molecule has 0 aliphatic heterocycles. The number of carbonyl (C=O) groups excluding carboxylic acids is 2. The van der Waals surface area contributed by atoms with Crippen molar-refractivity contribution >= 4 is 11.9 Å². The molecule has 1 amide bonds. The second kappa shape index (κ2) is 8.82. The SMILES string of the molecule is CCOC(=O)/C(C)=C/[C@H](C(C)C)N(C)C(=O)[C@@H](N)C(C)C. The summed E-state index contributed by atoms with van der Waals surface area (Å²) in [5.41, 5.74) is 6.44. The molecule has 2 N–H and O–H groups in total. The lowest BCUT2D eigenvalue weighted by Crippen LogP contribution is -2.49. The van der Waals surface area contributed by atoms with Gasteiger partial charge in [-0.25, -0.2) is 4.79 Å². The van der Waals surface area contributed by atoms with E-state index in [0.717, 1.165) is 0 Å². The number of hydrogen-bond acceptors (Lipinski definition) is 4. The van der Waals surface area contributed by atoms with E-state index in [1.54, 1.807) is 31.9 Å². The van der Waals surface area contributed by atoms with Crippen LogP contribution in [0.2, 0.25) is 0 Å². The first-order chi connectivity index (χ1) is 9.63.